The molecule has 2 heterocycles. The summed E-state index contributed by atoms with van der Waals surface area (Å²) in [6.07, 6.45) is 2.79. The largest absolute Gasteiger partial charge is 0.493 e. The third kappa shape index (κ3) is 5.44. The number of benzene rings is 2. The molecule has 0 aliphatic carbocycles. The van der Waals surface area contributed by atoms with Crippen LogP contribution in [0.25, 0.3) is 11.0 Å². The summed E-state index contributed by atoms with van der Waals surface area (Å²) in [6, 6.07) is 9.93. The first-order valence-electron chi connectivity index (χ1n) is 10.9. The van der Waals surface area contributed by atoms with E-state index in [1.54, 1.807) is 29.9 Å². The fourth-order valence-corrected chi connectivity index (χ4v) is 3.86. The van der Waals surface area contributed by atoms with Gasteiger partial charge >= 0.3 is 0 Å². The monoisotopic (exact) mass is 441 g/mol. The molecule has 32 heavy (non-hydrogen) atoms. The van der Waals surface area contributed by atoms with Crippen LogP contribution in [0, 0.1) is 5.82 Å². The van der Waals surface area contributed by atoms with Gasteiger partial charge in [-0.1, -0.05) is 12.1 Å². The number of methoxy groups -OCH3 is 1. The van der Waals surface area contributed by atoms with Gasteiger partial charge < -0.3 is 18.8 Å². The molecular formula is C24H28FN3O4. The lowest BCUT2D eigenvalue weighted by atomic mass is 10.1. The van der Waals surface area contributed by atoms with E-state index in [0.717, 1.165) is 44.8 Å². The fraction of sp³-hybridized carbons (Fsp3) is 0.417. The Balaban J connectivity index is 1.50. The molecule has 0 saturated carbocycles. The van der Waals surface area contributed by atoms with Gasteiger partial charge in [0.05, 0.1) is 44.2 Å². The van der Waals surface area contributed by atoms with Crippen molar-refractivity contribution < 1.29 is 18.6 Å². The quantitative estimate of drug-likeness (QED) is 0.476. The highest BCUT2D eigenvalue weighted by Gasteiger charge is 2.13. The second kappa shape index (κ2) is 10.6. The summed E-state index contributed by atoms with van der Waals surface area (Å²) in [5.74, 6) is 0.896. The lowest BCUT2D eigenvalue weighted by molar-refractivity contribution is 0.0357. The van der Waals surface area contributed by atoms with E-state index >= 15 is 0 Å². The topological polar surface area (TPSA) is 65.8 Å². The van der Waals surface area contributed by atoms with Crippen LogP contribution < -0.4 is 15.0 Å². The van der Waals surface area contributed by atoms with Crippen molar-refractivity contribution in [2.45, 2.75) is 19.4 Å². The minimum absolute atomic E-state index is 0.192. The third-order valence-corrected chi connectivity index (χ3v) is 5.65. The Morgan fingerprint density at radius 1 is 1.09 bits per heavy atom. The number of aromatic nitrogens is 2. The molecule has 0 N–H and O–H groups in total. The molecule has 0 bridgehead atoms. The van der Waals surface area contributed by atoms with E-state index in [2.05, 4.69) is 9.88 Å². The van der Waals surface area contributed by atoms with Crippen LogP contribution in [0.2, 0.25) is 0 Å². The summed E-state index contributed by atoms with van der Waals surface area (Å²) < 4.78 is 31.8. The number of hydrogen-bond acceptors (Lipinski definition) is 6. The van der Waals surface area contributed by atoms with Gasteiger partial charge in [0.25, 0.3) is 5.56 Å². The maximum atomic E-state index is 13.2. The van der Waals surface area contributed by atoms with E-state index in [1.807, 2.05) is 6.07 Å². The molecule has 1 aliphatic rings. The van der Waals surface area contributed by atoms with Crippen LogP contribution in [0.1, 0.15) is 12.0 Å². The van der Waals surface area contributed by atoms with Crippen LogP contribution in [0.5, 0.6) is 11.5 Å². The molecule has 2 aromatic carbocycles. The van der Waals surface area contributed by atoms with E-state index < -0.39 is 0 Å². The highest BCUT2D eigenvalue weighted by Crippen LogP contribution is 2.31. The second-order valence-electron chi connectivity index (χ2n) is 7.77. The van der Waals surface area contributed by atoms with Crippen LogP contribution >= 0.6 is 0 Å². The number of halogens is 1. The van der Waals surface area contributed by atoms with E-state index in [9.17, 15) is 9.18 Å². The summed E-state index contributed by atoms with van der Waals surface area (Å²) in [6.45, 7) is 5.40. The van der Waals surface area contributed by atoms with Crippen LogP contribution in [0.4, 0.5) is 4.39 Å². The van der Waals surface area contributed by atoms with Gasteiger partial charge in [0, 0.05) is 38.3 Å². The number of ether oxygens (including phenoxy) is 3. The van der Waals surface area contributed by atoms with Crippen molar-refractivity contribution in [3.05, 3.63) is 64.3 Å². The van der Waals surface area contributed by atoms with Gasteiger partial charge in [-0.2, -0.15) is 0 Å². The predicted octanol–water partition coefficient (Wildman–Crippen LogP) is 2.89. The number of hydrogen-bond donors (Lipinski definition) is 0. The maximum Gasteiger partial charge on any atom is 0.269 e. The van der Waals surface area contributed by atoms with Crippen molar-refractivity contribution in [2.75, 3.05) is 46.6 Å². The molecule has 4 rings (SSSR count). The van der Waals surface area contributed by atoms with Gasteiger partial charge in [-0.3, -0.25) is 9.69 Å². The zero-order valence-electron chi connectivity index (χ0n) is 18.3. The number of rotatable bonds is 9. The molecule has 1 saturated heterocycles. The first kappa shape index (κ1) is 22.2. The molecule has 170 valence electrons. The van der Waals surface area contributed by atoms with Gasteiger partial charge in [0.2, 0.25) is 0 Å². The van der Waals surface area contributed by atoms with E-state index in [4.69, 9.17) is 14.2 Å². The molecule has 3 aromatic rings. The summed E-state index contributed by atoms with van der Waals surface area (Å²) >= 11 is 0. The van der Waals surface area contributed by atoms with Gasteiger partial charge in [-0.25, -0.2) is 9.37 Å². The molecule has 1 aromatic heterocycles. The Morgan fingerprint density at radius 2 is 1.88 bits per heavy atom. The average Bonchev–Trinajstić information content (AvgIpc) is 2.82. The molecular weight excluding hydrogens is 413 g/mol. The predicted molar refractivity (Wildman–Crippen MR) is 120 cm³/mol. The minimum Gasteiger partial charge on any atom is -0.493 e. The smallest absolute Gasteiger partial charge is 0.269 e. The van der Waals surface area contributed by atoms with Crippen molar-refractivity contribution in [3.63, 3.8) is 0 Å². The Labute approximate surface area is 186 Å². The first-order valence-corrected chi connectivity index (χ1v) is 10.9. The molecule has 1 fully saturated rings. The molecule has 0 radical (unpaired) electrons. The Kier molecular flexibility index (Phi) is 7.34. The van der Waals surface area contributed by atoms with Crippen molar-refractivity contribution in [3.8, 4) is 11.5 Å². The van der Waals surface area contributed by atoms with Crippen LogP contribution in [0.3, 0.4) is 0 Å². The summed E-state index contributed by atoms with van der Waals surface area (Å²) in [7, 11) is 1.59. The molecule has 8 heteroatoms. The van der Waals surface area contributed by atoms with Crippen molar-refractivity contribution in [2.24, 2.45) is 0 Å². The van der Waals surface area contributed by atoms with Crippen LogP contribution in [-0.2, 0) is 17.7 Å². The SMILES string of the molecule is COc1cc2ncc(=O)n(CCc3ccc(F)cc3)c2cc1OCCCN1CCOCC1. The minimum atomic E-state index is -0.275. The lowest BCUT2D eigenvalue weighted by Crippen LogP contribution is -2.37. The van der Waals surface area contributed by atoms with Crippen LogP contribution in [0.15, 0.2) is 47.4 Å². The van der Waals surface area contributed by atoms with E-state index in [0.29, 0.717) is 42.1 Å². The molecule has 0 atom stereocenters. The average molecular weight is 442 g/mol. The van der Waals surface area contributed by atoms with Crippen molar-refractivity contribution in [1.29, 1.82) is 0 Å². The summed E-state index contributed by atoms with van der Waals surface area (Å²) in [5, 5.41) is 0. The molecule has 0 amide bonds. The number of nitrogens with zero attached hydrogens (tertiary/aromatic N) is 3. The highest BCUT2D eigenvalue weighted by atomic mass is 19.1. The van der Waals surface area contributed by atoms with Crippen LogP contribution in [-0.4, -0.2) is 61.0 Å². The summed E-state index contributed by atoms with van der Waals surface area (Å²) in [5.41, 5.74) is 2.10. The van der Waals surface area contributed by atoms with Gasteiger partial charge in [0.1, 0.15) is 5.82 Å². The molecule has 1 aliphatic heterocycles. The summed E-state index contributed by atoms with van der Waals surface area (Å²) in [4.78, 5) is 19.2. The van der Waals surface area contributed by atoms with Crippen molar-refractivity contribution in [1.82, 2.24) is 14.5 Å². The van der Waals surface area contributed by atoms with Crippen molar-refractivity contribution >= 4 is 11.0 Å². The zero-order chi connectivity index (χ0) is 22.3. The van der Waals surface area contributed by atoms with Gasteiger partial charge in [-0.05, 0) is 30.5 Å². The molecule has 0 unspecified atom stereocenters. The Hall–Kier alpha value is -2.97. The zero-order valence-corrected chi connectivity index (χ0v) is 18.3. The third-order valence-electron chi connectivity index (χ3n) is 5.65. The maximum absolute atomic E-state index is 13.2. The van der Waals surface area contributed by atoms with E-state index in [1.165, 1.54) is 18.3 Å². The molecule has 7 nitrogen and oxygen atoms in total. The standard InChI is InChI=1S/C24H28FN3O4/c1-30-22-15-20-21(16-23(22)32-12-2-8-27-10-13-31-14-11-27)28(24(29)17-26-20)9-7-18-3-5-19(25)6-4-18/h3-6,15-17H,2,7-14H2,1H3. The fourth-order valence-electron chi connectivity index (χ4n) is 3.86. The highest BCUT2D eigenvalue weighted by molar-refractivity contribution is 5.79. The van der Waals surface area contributed by atoms with Gasteiger partial charge in [-0.15, -0.1) is 0 Å². The number of fused-ring (bicyclic) bond motifs is 1. The number of aryl methyl sites for hydroxylation is 2. The molecule has 0 spiro atoms. The normalized spacial score (nSPS) is 14.6. The second-order valence-corrected chi connectivity index (χ2v) is 7.77. The Morgan fingerprint density at radius 3 is 2.62 bits per heavy atom. The number of morpholine rings is 1. The van der Waals surface area contributed by atoms with Gasteiger partial charge in [0.15, 0.2) is 11.5 Å². The first-order chi connectivity index (χ1) is 15.6. The lowest BCUT2D eigenvalue weighted by Gasteiger charge is -2.26. The Bertz CT molecular complexity index is 1090. The van der Waals surface area contributed by atoms with E-state index in [-0.39, 0.29) is 11.4 Å².